The van der Waals surface area contributed by atoms with Crippen LogP contribution in [-0.2, 0) is 9.53 Å². The second-order valence-corrected chi connectivity index (χ2v) is 3.76. The third-order valence-corrected chi connectivity index (χ3v) is 2.43. The van der Waals surface area contributed by atoms with E-state index in [0.717, 1.165) is 19.4 Å². The molecule has 0 amide bonds. The molecule has 0 spiro atoms. The maximum atomic E-state index is 11.0. The van der Waals surface area contributed by atoms with E-state index in [4.69, 9.17) is 4.74 Å². The van der Waals surface area contributed by atoms with Crippen LogP contribution in [0.2, 0.25) is 0 Å². The van der Waals surface area contributed by atoms with E-state index in [9.17, 15) is 4.79 Å². The van der Waals surface area contributed by atoms with Crippen LogP contribution in [0.5, 0.6) is 0 Å². The number of rotatable bonds is 9. The van der Waals surface area contributed by atoms with Gasteiger partial charge in [-0.1, -0.05) is 20.3 Å². The predicted octanol–water partition coefficient (Wildman–Crippen LogP) is 2.50. The molecule has 0 aromatic heterocycles. The van der Waals surface area contributed by atoms with Crippen LogP contribution < -0.4 is 5.32 Å². The smallest absolute Gasteiger partial charge is 0.305 e. The Bertz CT molecular complexity index is 160. The summed E-state index contributed by atoms with van der Waals surface area (Å²) in [6.07, 6.45) is 5.00. The van der Waals surface area contributed by atoms with Crippen molar-refractivity contribution in [3.05, 3.63) is 0 Å². The van der Waals surface area contributed by atoms with E-state index in [2.05, 4.69) is 19.2 Å². The van der Waals surface area contributed by atoms with Gasteiger partial charge in [-0.15, -0.1) is 0 Å². The lowest BCUT2D eigenvalue weighted by Gasteiger charge is -2.15. The van der Waals surface area contributed by atoms with Gasteiger partial charge in [0.1, 0.15) is 0 Å². The number of carbonyl (C=O) groups excluding carboxylic acids is 1. The van der Waals surface area contributed by atoms with Gasteiger partial charge in [0.2, 0.25) is 0 Å². The van der Waals surface area contributed by atoms with E-state index < -0.39 is 0 Å². The zero-order valence-corrected chi connectivity index (χ0v) is 10.3. The lowest BCUT2D eigenvalue weighted by molar-refractivity contribution is -0.143. The minimum Gasteiger partial charge on any atom is -0.466 e. The van der Waals surface area contributed by atoms with E-state index in [1.165, 1.54) is 12.8 Å². The van der Waals surface area contributed by atoms with Crippen LogP contribution in [0.3, 0.4) is 0 Å². The van der Waals surface area contributed by atoms with Crippen molar-refractivity contribution in [2.24, 2.45) is 0 Å². The average molecular weight is 215 g/mol. The van der Waals surface area contributed by atoms with Gasteiger partial charge < -0.3 is 10.1 Å². The number of hydrogen-bond acceptors (Lipinski definition) is 3. The normalized spacial score (nSPS) is 12.5. The molecule has 0 aliphatic heterocycles. The Labute approximate surface area is 93.6 Å². The summed E-state index contributed by atoms with van der Waals surface area (Å²) < 4.78 is 4.86. The van der Waals surface area contributed by atoms with Gasteiger partial charge in [0.25, 0.3) is 0 Å². The van der Waals surface area contributed by atoms with Crippen molar-refractivity contribution in [3.8, 4) is 0 Å². The van der Waals surface area contributed by atoms with Crippen molar-refractivity contribution in [2.75, 3.05) is 13.2 Å². The maximum Gasteiger partial charge on any atom is 0.305 e. The van der Waals surface area contributed by atoms with Gasteiger partial charge in [-0.2, -0.15) is 0 Å². The van der Waals surface area contributed by atoms with E-state index in [1.54, 1.807) is 0 Å². The molecule has 0 saturated carbocycles. The highest BCUT2D eigenvalue weighted by atomic mass is 16.5. The van der Waals surface area contributed by atoms with Crippen molar-refractivity contribution >= 4 is 5.97 Å². The molecule has 0 bridgehead atoms. The molecule has 1 atom stereocenters. The Morgan fingerprint density at radius 3 is 2.60 bits per heavy atom. The molecule has 3 heteroatoms. The molecule has 1 N–H and O–H groups in total. The van der Waals surface area contributed by atoms with E-state index in [1.807, 2.05) is 6.92 Å². The van der Waals surface area contributed by atoms with Gasteiger partial charge in [0, 0.05) is 12.5 Å². The second kappa shape index (κ2) is 9.97. The highest BCUT2D eigenvalue weighted by Crippen LogP contribution is 2.01. The summed E-state index contributed by atoms with van der Waals surface area (Å²) in [4.78, 5) is 11.0. The van der Waals surface area contributed by atoms with E-state index in [-0.39, 0.29) is 5.97 Å². The Balaban J connectivity index is 3.39. The Morgan fingerprint density at radius 2 is 2.07 bits per heavy atom. The van der Waals surface area contributed by atoms with Gasteiger partial charge in [0.15, 0.2) is 0 Å². The first-order chi connectivity index (χ1) is 7.24. The third kappa shape index (κ3) is 8.43. The molecule has 0 heterocycles. The fourth-order valence-corrected chi connectivity index (χ4v) is 1.57. The largest absolute Gasteiger partial charge is 0.466 e. The van der Waals surface area contributed by atoms with Crippen LogP contribution in [-0.4, -0.2) is 25.2 Å². The summed E-state index contributed by atoms with van der Waals surface area (Å²) in [5.74, 6) is -0.0807. The number of esters is 1. The van der Waals surface area contributed by atoms with Crippen LogP contribution in [0.25, 0.3) is 0 Å². The van der Waals surface area contributed by atoms with Gasteiger partial charge in [0.05, 0.1) is 6.61 Å². The summed E-state index contributed by atoms with van der Waals surface area (Å²) in [6, 6.07) is 0.609. The molecule has 0 rings (SSSR count). The molecular weight excluding hydrogens is 190 g/mol. The highest BCUT2D eigenvalue weighted by molar-refractivity contribution is 5.69. The number of hydrogen-bond donors (Lipinski definition) is 1. The van der Waals surface area contributed by atoms with Crippen molar-refractivity contribution in [3.63, 3.8) is 0 Å². The zero-order chi connectivity index (χ0) is 11.5. The SMILES string of the molecule is CCCC(CC)NCCCC(=O)OCC. The summed E-state index contributed by atoms with van der Waals surface area (Å²) in [5.41, 5.74) is 0. The quantitative estimate of drug-likeness (QED) is 0.474. The maximum absolute atomic E-state index is 11.0. The van der Waals surface area contributed by atoms with Crippen LogP contribution in [0, 0.1) is 0 Å². The highest BCUT2D eigenvalue weighted by Gasteiger charge is 2.04. The van der Waals surface area contributed by atoms with E-state index in [0.29, 0.717) is 19.1 Å². The Morgan fingerprint density at radius 1 is 1.33 bits per heavy atom. The minimum atomic E-state index is -0.0807. The Hall–Kier alpha value is -0.570. The first kappa shape index (κ1) is 14.4. The molecule has 0 aromatic carbocycles. The van der Waals surface area contributed by atoms with Crippen LogP contribution in [0.15, 0.2) is 0 Å². The van der Waals surface area contributed by atoms with Crippen molar-refractivity contribution in [1.82, 2.24) is 5.32 Å². The molecule has 15 heavy (non-hydrogen) atoms. The van der Waals surface area contributed by atoms with Crippen LogP contribution in [0.4, 0.5) is 0 Å². The summed E-state index contributed by atoms with van der Waals surface area (Å²) in [5, 5.41) is 3.46. The summed E-state index contributed by atoms with van der Waals surface area (Å²) in [7, 11) is 0. The van der Waals surface area contributed by atoms with Crippen molar-refractivity contribution in [2.45, 2.75) is 58.9 Å². The Kier molecular flexibility index (Phi) is 9.59. The van der Waals surface area contributed by atoms with Gasteiger partial charge in [-0.3, -0.25) is 4.79 Å². The topological polar surface area (TPSA) is 38.3 Å². The molecule has 90 valence electrons. The second-order valence-electron chi connectivity index (χ2n) is 3.76. The first-order valence-electron chi connectivity index (χ1n) is 6.13. The number of ether oxygens (including phenoxy) is 1. The van der Waals surface area contributed by atoms with Crippen molar-refractivity contribution < 1.29 is 9.53 Å². The molecule has 1 unspecified atom stereocenters. The molecule has 0 saturated heterocycles. The molecule has 0 aliphatic carbocycles. The van der Waals surface area contributed by atoms with Gasteiger partial charge in [-0.25, -0.2) is 0 Å². The fourth-order valence-electron chi connectivity index (χ4n) is 1.57. The van der Waals surface area contributed by atoms with Crippen LogP contribution in [0.1, 0.15) is 52.9 Å². The monoisotopic (exact) mass is 215 g/mol. The van der Waals surface area contributed by atoms with Crippen LogP contribution >= 0.6 is 0 Å². The molecule has 0 radical (unpaired) electrons. The molecule has 0 aromatic rings. The summed E-state index contributed by atoms with van der Waals surface area (Å²) >= 11 is 0. The fraction of sp³-hybridized carbons (Fsp3) is 0.917. The number of carbonyl (C=O) groups is 1. The third-order valence-electron chi connectivity index (χ3n) is 2.43. The lowest BCUT2D eigenvalue weighted by Crippen LogP contribution is -2.29. The minimum absolute atomic E-state index is 0.0807. The van der Waals surface area contributed by atoms with Gasteiger partial charge in [-0.05, 0) is 32.7 Å². The average Bonchev–Trinajstić information content (AvgIpc) is 2.23. The molecule has 0 aliphatic rings. The van der Waals surface area contributed by atoms with Gasteiger partial charge >= 0.3 is 5.97 Å². The molecular formula is C12H25NO2. The molecule has 0 fully saturated rings. The number of nitrogens with one attached hydrogen (secondary N) is 1. The predicted molar refractivity (Wildman–Crippen MR) is 62.9 cm³/mol. The standard InChI is InChI=1S/C12H25NO2/c1-4-8-11(5-2)13-10-7-9-12(14)15-6-3/h11,13H,4-10H2,1-3H3. The molecule has 3 nitrogen and oxygen atoms in total. The first-order valence-corrected chi connectivity index (χ1v) is 6.13. The summed E-state index contributed by atoms with van der Waals surface area (Å²) in [6.45, 7) is 7.63. The lowest BCUT2D eigenvalue weighted by atomic mass is 10.1. The van der Waals surface area contributed by atoms with E-state index >= 15 is 0 Å². The zero-order valence-electron chi connectivity index (χ0n) is 10.3. The van der Waals surface area contributed by atoms with Crippen molar-refractivity contribution in [1.29, 1.82) is 0 Å².